The highest BCUT2D eigenvalue weighted by atomic mass is 16.5. The smallest absolute Gasteiger partial charge is 0.242 e. The van der Waals surface area contributed by atoms with Gasteiger partial charge in [-0.1, -0.05) is 25.5 Å². The maximum Gasteiger partial charge on any atom is 0.242 e. The summed E-state index contributed by atoms with van der Waals surface area (Å²) >= 11 is 0. The van der Waals surface area contributed by atoms with Gasteiger partial charge in [0.25, 0.3) is 0 Å². The average Bonchev–Trinajstić information content (AvgIpc) is 2.21. The Bertz CT molecular complexity index is 277. The molecule has 1 aromatic rings. The van der Waals surface area contributed by atoms with Crippen LogP contribution in [-0.4, -0.2) is 12.4 Å². The van der Waals surface area contributed by atoms with Crippen LogP contribution in [0.15, 0.2) is 24.3 Å². The molecule has 1 rings (SSSR count). The van der Waals surface area contributed by atoms with E-state index in [-0.39, 0.29) is 0 Å². The molecule has 0 bridgehead atoms. The number of hydrogen-bond donors (Lipinski definition) is 0. The Kier molecular flexibility index (Phi) is 4.17. The molecule has 0 aliphatic carbocycles. The third-order valence-corrected chi connectivity index (χ3v) is 1.94. The molecule has 75 valence electrons. The van der Waals surface area contributed by atoms with E-state index in [0.717, 1.165) is 18.6 Å². The zero-order valence-electron chi connectivity index (χ0n) is 8.62. The van der Waals surface area contributed by atoms with Crippen molar-refractivity contribution in [1.29, 1.82) is 0 Å². The second kappa shape index (κ2) is 5.43. The molecule has 0 saturated heterocycles. The molecule has 0 heterocycles. The van der Waals surface area contributed by atoms with Crippen molar-refractivity contribution in [2.45, 2.75) is 32.8 Å². The van der Waals surface area contributed by atoms with Crippen LogP contribution >= 0.6 is 0 Å². The highest BCUT2D eigenvalue weighted by molar-refractivity contribution is 5.57. The molecule has 0 aromatic heterocycles. The van der Waals surface area contributed by atoms with Gasteiger partial charge in [0.2, 0.25) is 6.29 Å². The molecule has 1 unspecified atom stereocenters. The van der Waals surface area contributed by atoms with Gasteiger partial charge in [0, 0.05) is 0 Å². The van der Waals surface area contributed by atoms with E-state index in [2.05, 4.69) is 6.92 Å². The summed E-state index contributed by atoms with van der Waals surface area (Å²) < 4.78 is 5.27. The largest absolute Gasteiger partial charge is 0.482 e. The van der Waals surface area contributed by atoms with Gasteiger partial charge in [-0.15, -0.1) is 0 Å². The molecule has 0 aliphatic heterocycles. The second-order valence-electron chi connectivity index (χ2n) is 3.27. The van der Waals surface area contributed by atoms with Gasteiger partial charge < -0.3 is 4.74 Å². The standard InChI is InChI=1S/C12H15O2/c1-3-4-11-5-7-12(8-6-11)14-10(2)9-13/h5-8,10H,3-4H2,1-2H3. The van der Waals surface area contributed by atoms with Gasteiger partial charge in [0.15, 0.2) is 6.10 Å². The molecule has 1 aromatic carbocycles. The van der Waals surface area contributed by atoms with Crippen molar-refractivity contribution >= 4 is 6.29 Å². The minimum absolute atomic E-state index is 0.493. The number of hydrogen-bond acceptors (Lipinski definition) is 2. The van der Waals surface area contributed by atoms with Gasteiger partial charge in [-0.2, -0.15) is 0 Å². The Morgan fingerprint density at radius 2 is 2.00 bits per heavy atom. The summed E-state index contributed by atoms with van der Waals surface area (Å²) in [5.41, 5.74) is 1.29. The van der Waals surface area contributed by atoms with Crippen LogP contribution in [0.3, 0.4) is 0 Å². The summed E-state index contributed by atoms with van der Waals surface area (Å²) in [5, 5.41) is 0. The Morgan fingerprint density at radius 1 is 1.36 bits per heavy atom. The molecule has 1 atom stereocenters. The van der Waals surface area contributed by atoms with Crippen LogP contribution in [0.2, 0.25) is 0 Å². The van der Waals surface area contributed by atoms with Gasteiger partial charge in [0.05, 0.1) is 0 Å². The molecule has 2 nitrogen and oxygen atoms in total. The lowest BCUT2D eigenvalue weighted by molar-refractivity contribution is 0.278. The molecule has 2 heteroatoms. The van der Waals surface area contributed by atoms with Crippen LogP contribution in [-0.2, 0) is 11.2 Å². The molecule has 0 fully saturated rings. The number of rotatable bonds is 5. The first-order valence-corrected chi connectivity index (χ1v) is 4.89. The van der Waals surface area contributed by atoms with Gasteiger partial charge in [0.1, 0.15) is 5.75 Å². The van der Waals surface area contributed by atoms with E-state index in [9.17, 15) is 4.79 Å². The lowest BCUT2D eigenvalue weighted by Crippen LogP contribution is -2.12. The second-order valence-corrected chi connectivity index (χ2v) is 3.27. The molecule has 0 amide bonds. The molecule has 1 radical (unpaired) electrons. The van der Waals surface area contributed by atoms with Gasteiger partial charge >= 0.3 is 0 Å². The minimum atomic E-state index is -0.493. The fraction of sp³-hybridized carbons (Fsp3) is 0.417. The van der Waals surface area contributed by atoms with Crippen molar-refractivity contribution in [1.82, 2.24) is 0 Å². The first-order valence-electron chi connectivity index (χ1n) is 4.89. The zero-order chi connectivity index (χ0) is 10.4. The van der Waals surface area contributed by atoms with Crippen LogP contribution < -0.4 is 4.74 Å². The van der Waals surface area contributed by atoms with Crippen molar-refractivity contribution < 1.29 is 9.53 Å². The third kappa shape index (κ3) is 3.21. The minimum Gasteiger partial charge on any atom is -0.482 e. The molecule has 0 spiro atoms. The van der Waals surface area contributed by atoms with Crippen LogP contribution in [0.1, 0.15) is 25.8 Å². The number of carbonyl (C=O) groups excluding carboxylic acids is 1. The molecule has 0 saturated carbocycles. The quantitative estimate of drug-likeness (QED) is 0.714. The van der Waals surface area contributed by atoms with E-state index in [4.69, 9.17) is 4.74 Å². The predicted octanol–water partition coefficient (Wildman–Crippen LogP) is 2.52. The van der Waals surface area contributed by atoms with Gasteiger partial charge in [-0.3, -0.25) is 4.79 Å². The Labute approximate surface area is 84.9 Å². The SMILES string of the molecule is CCCc1ccc(OC(C)[C]=O)cc1. The third-order valence-electron chi connectivity index (χ3n) is 1.94. The highest BCUT2D eigenvalue weighted by Gasteiger charge is 2.01. The van der Waals surface area contributed by atoms with Crippen molar-refractivity contribution in [2.24, 2.45) is 0 Å². The van der Waals surface area contributed by atoms with Gasteiger partial charge in [-0.25, -0.2) is 0 Å². The van der Waals surface area contributed by atoms with Crippen molar-refractivity contribution in [3.05, 3.63) is 29.8 Å². The summed E-state index contributed by atoms with van der Waals surface area (Å²) in [6.45, 7) is 3.82. The summed E-state index contributed by atoms with van der Waals surface area (Å²) in [6.07, 6.45) is 3.50. The normalized spacial score (nSPS) is 12.1. The van der Waals surface area contributed by atoms with Gasteiger partial charge in [-0.05, 0) is 31.0 Å². The zero-order valence-corrected chi connectivity index (χ0v) is 8.62. The van der Waals surface area contributed by atoms with Crippen molar-refractivity contribution in [2.75, 3.05) is 0 Å². The van der Waals surface area contributed by atoms with E-state index in [1.54, 1.807) is 13.2 Å². The molecular formula is C12H15O2. The maximum atomic E-state index is 10.2. The monoisotopic (exact) mass is 191 g/mol. The molecule has 0 N–H and O–H groups in total. The van der Waals surface area contributed by atoms with E-state index < -0.39 is 6.10 Å². The molecule has 14 heavy (non-hydrogen) atoms. The summed E-state index contributed by atoms with van der Waals surface area (Å²) in [5.74, 6) is 0.723. The van der Waals surface area contributed by atoms with Crippen molar-refractivity contribution in [3.63, 3.8) is 0 Å². The van der Waals surface area contributed by atoms with E-state index in [0.29, 0.717) is 0 Å². The Hall–Kier alpha value is -1.31. The van der Waals surface area contributed by atoms with Crippen molar-refractivity contribution in [3.8, 4) is 5.75 Å². The maximum absolute atomic E-state index is 10.2. The van der Waals surface area contributed by atoms with Crippen LogP contribution in [0.25, 0.3) is 0 Å². The lowest BCUT2D eigenvalue weighted by Gasteiger charge is -2.08. The number of aryl methyl sites for hydroxylation is 1. The lowest BCUT2D eigenvalue weighted by atomic mass is 10.1. The molecule has 0 aliphatic rings. The Balaban J connectivity index is 2.59. The van der Waals surface area contributed by atoms with E-state index in [1.807, 2.05) is 24.3 Å². The first kappa shape index (κ1) is 10.8. The van der Waals surface area contributed by atoms with Crippen LogP contribution in [0.4, 0.5) is 0 Å². The number of ether oxygens (including phenoxy) is 1. The average molecular weight is 191 g/mol. The molecular weight excluding hydrogens is 176 g/mol. The highest BCUT2D eigenvalue weighted by Crippen LogP contribution is 2.14. The first-order chi connectivity index (χ1) is 6.76. The van der Waals surface area contributed by atoms with E-state index in [1.165, 1.54) is 5.56 Å². The number of benzene rings is 1. The topological polar surface area (TPSA) is 26.3 Å². The van der Waals surface area contributed by atoms with Crippen LogP contribution in [0, 0.1) is 0 Å². The summed E-state index contributed by atoms with van der Waals surface area (Å²) in [7, 11) is 0. The van der Waals surface area contributed by atoms with Crippen LogP contribution in [0.5, 0.6) is 5.75 Å². The Morgan fingerprint density at radius 3 is 2.50 bits per heavy atom. The summed E-state index contributed by atoms with van der Waals surface area (Å²) in [6, 6.07) is 7.82. The predicted molar refractivity (Wildman–Crippen MR) is 56.2 cm³/mol. The summed E-state index contributed by atoms with van der Waals surface area (Å²) in [4.78, 5) is 10.2. The van der Waals surface area contributed by atoms with E-state index >= 15 is 0 Å². The fourth-order valence-electron chi connectivity index (χ4n) is 1.25. The fourth-order valence-corrected chi connectivity index (χ4v) is 1.25.